The van der Waals surface area contributed by atoms with E-state index in [1.54, 1.807) is 7.11 Å². The zero-order valence-electron chi connectivity index (χ0n) is 11.8. The molecule has 4 heteroatoms. The standard InChI is InChI=1S/C15H23N3O/c1-15(14(16)17)7-9-18(10-8-15)11-12-3-5-13(19-2)6-4-12/h3-6H,7-11H2,1-2H3,(H3,16,17). The van der Waals surface area contributed by atoms with Crippen LogP contribution in [-0.2, 0) is 6.54 Å². The minimum absolute atomic E-state index is 0.101. The average Bonchev–Trinajstić information content (AvgIpc) is 2.42. The third-order valence-electron chi connectivity index (χ3n) is 4.18. The summed E-state index contributed by atoms with van der Waals surface area (Å²) in [5.74, 6) is 1.23. The largest absolute Gasteiger partial charge is 0.497 e. The van der Waals surface area contributed by atoms with E-state index >= 15 is 0 Å². The highest BCUT2D eigenvalue weighted by molar-refractivity contribution is 5.83. The van der Waals surface area contributed by atoms with E-state index < -0.39 is 0 Å². The van der Waals surface area contributed by atoms with Crippen LogP contribution in [0.1, 0.15) is 25.3 Å². The maximum Gasteiger partial charge on any atom is 0.118 e. The fraction of sp³-hybridized carbons (Fsp3) is 0.533. The predicted octanol–water partition coefficient (Wildman–Crippen LogP) is 2.23. The number of rotatable bonds is 4. The molecule has 0 amide bonds. The van der Waals surface area contributed by atoms with Gasteiger partial charge in [0.2, 0.25) is 0 Å². The number of ether oxygens (including phenoxy) is 1. The van der Waals surface area contributed by atoms with Crippen molar-refractivity contribution in [2.45, 2.75) is 26.3 Å². The Kier molecular flexibility index (Phi) is 4.10. The molecule has 0 spiro atoms. The maximum absolute atomic E-state index is 7.66. The van der Waals surface area contributed by atoms with Gasteiger partial charge in [0.05, 0.1) is 12.9 Å². The van der Waals surface area contributed by atoms with E-state index in [9.17, 15) is 0 Å². The lowest BCUT2D eigenvalue weighted by atomic mass is 9.79. The molecule has 3 N–H and O–H groups in total. The normalized spacial score (nSPS) is 19.1. The van der Waals surface area contributed by atoms with Gasteiger partial charge >= 0.3 is 0 Å². The van der Waals surface area contributed by atoms with Crippen LogP contribution >= 0.6 is 0 Å². The van der Waals surface area contributed by atoms with Crippen LogP contribution in [-0.4, -0.2) is 30.9 Å². The minimum Gasteiger partial charge on any atom is -0.497 e. The number of hydrogen-bond acceptors (Lipinski definition) is 3. The molecule has 1 aliphatic heterocycles. The number of benzene rings is 1. The second-order valence-corrected chi connectivity index (χ2v) is 5.60. The van der Waals surface area contributed by atoms with Crippen molar-refractivity contribution < 1.29 is 4.74 Å². The molecule has 0 unspecified atom stereocenters. The van der Waals surface area contributed by atoms with Gasteiger partial charge in [-0.1, -0.05) is 19.1 Å². The van der Waals surface area contributed by atoms with Crippen molar-refractivity contribution in [3.63, 3.8) is 0 Å². The fourth-order valence-corrected chi connectivity index (χ4v) is 2.46. The van der Waals surface area contributed by atoms with Gasteiger partial charge in [-0.3, -0.25) is 10.3 Å². The van der Waals surface area contributed by atoms with Crippen LogP contribution in [0.5, 0.6) is 5.75 Å². The molecule has 0 saturated carbocycles. The highest BCUT2D eigenvalue weighted by Crippen LogP contribution is 2.31. The molecule has 0 bridgehead atoms. The lowest BCUT2D eigenvalue weighted by molar-refractivity contribution is 0.156. The van der Waals surface area contributed by atoms with Crippen molar-refractivity contribution >= 4 is 5.84 Å². The molecular formula is C15H23N3O. The first-order chi connectivity index (χ1) is 9.03. The predicted molar refractivity (Wildman–Crippen MR) is 77.5 cm³/mol. The molecule has 1 fully saturated rings. The first kappa shape index (κ1) is 13.9. The summed E-state index contributed by atoms with van der Waals surface area (Å²) >= 11 is 0. The van der Waals surface area contributed by atoms with E-state index in [0.29, 0.717) is 5.84 Å². The molecule has 1 heterocycles. The van der Waals surface area contributed by atoms with Crippen molar-refractivity contribution in [1.29, 1.82) is 5.41 Å². The minimum atomic E-state index is -0.101. The number of nitrogens with two attached hydrogens (primary N) is 1. The van der Waals surface area contributed by atoms with Crippen LogP contribution < -0.4 is 10.5 Å². The highest BCUT2D eigenvalue weighted by Gasteiger charge is 2.32. The van der Waals surface area contributed by atoms with Crippen molar-refractivity contribution in [2.24, 2.45) is 11.1 Å². The van der Waals surface area contributed by atoms with E-state index in [4.69, 9.17) is 15.9 Å². The van der Waals surface area contributed by atoms with Gasteiger partial charge in [0.25, 0.3) is 0 Å². The number of likely N-dealkylation sites (tertiary alicyclic amines) is 1. The molecule has 1 saturated heterocycles. The van der Waals surface area contributed by atoms with Gasteiger partial charge in [-0.15, -0.1) is 0 Å². The van der Waals surface area contributed by atoms with E-state index in [2.05, 4.69) is 24.0 Å². The number of amidine groups is 1. The summed E-state index contributed by atoms with van der Waals surface area (Å²) in [6.45, 7) is 5.06. The Hall–Kier alpha value is -1.55. The quantitative estimate of drug-likeness (QED) is 0.645. The van der Waals surface area contributed by atoms with Gasteiger partial charge in [0.1, 0.15) is 5.75 Å². The van der Waals surface area contributed by atoms with Crippen LogP contribution in [0, 0.1) is 10.8 Å². The zero-order chi connectivity index (χ0) is 13.9. The van der Waals surface area contributed by atoms with Crippen molar-refractivity contribution in [3.05, 3.63) is 29.8 Å². The van der Waals surface area contributed by atoms with Crippen molar-refractivity contribution in [1.82, 2.24) is 4.90 Å². The Bertz CT molecular complexity index is 433. The molecule has 0 aromatic heterocycles. The molecule has 0 aliphatic carbocycles. The number of hydrogen-bond donors (Lipinski definition) is 2. The second-order valence-electron chi connectivity index (χ2n) is 5.60. The summed E-state index contributed by atoms with van der Waals surface area (Å²) in [5.41, 5.74) is 6.88. The summed E-state index contributed by atoms with van der Waals surface area (Å²) in [6.07, 6.45) is 1.94. The first-order valence-electron chi connectivity index (χ1n) is 6.73. The summed E-state index contributed by atoms with van der Waals surface area (Å²) in [7, 11) is 1.68. The molecule has 0 radical (unpaired) electrons. The number of nitrogens with one attached hydrogen (secondary N) is 1. The van der Waals surface area contributed by atoms with E-state index in [0.717, 1.165) is 38.2 Å². The number of nitrogens with zero attached hydrogens (tertiary/aromatic N) is 1. The van der Waals surface area contributed by atoms with Crippen molar-refractivity contribution in [2.75, 3.05) is 20.2 Å². The van der Waals surface area contributed by atoms with E-state index in [-0.39, 0.29) is 5.41 Å². The van der Waals surface area contributed by atoms with Gasteiger partial charge in [-0.2, -0.15) is 0 Å². The first-order valence-corrected chi connectivity index (χ1v) is 6.73. The van der Waals surface area contributed by atoms with Gasteiger partial charge in [-0.05, 0) is 43.6 Å². The third-order valence-corrected chi connectivity index (χ3v) is 4.18. The summed E-state index contributed by atoms with van der Waals surface area (Å²) in [5, 5.41) is 7.66. The SMILES string of the molecule is COc1ccc(CN2CCC(C)(C(=N)N)CC2)cc1. The highest BCUT2D eigenvalue weighted by atomic mass is 16.5. The summed E-state index contributed by atoms with van der Waals surface area (Å²) in [4.78, 5) is 2.42. The Balaban J connectivity index is 1.90. The van der Waals surface area contributed by atoms with Crippen molar-refractivity contribution in [3.8, 4) is 5.75 Å². The molecular weight excluding hydrogens is 238 g/mol. The smallest absolute Gasteiger partial charge is 0.118 e. The monoisotopic (exact) mass is 261 g/mol. The Morgan fingerprint density at radius 2 is 1.89 bits per heavy atom. The average molecular weight is 261 g/mol. The lowest BCUT2D eigenvalue weighted by Gasteiger charge is -2.38. The van der Waals surface area contributed by atoms with E-state index in [1.165, 1.54) is 5.56 Å². The van der Waals surface area contributed by atoms with Crippen LogP contribution in [0.15, 0.2) is 24.3 Å². The van der Waals surface area contributed by atoms with Gasteiger partial charge in [0.15, 0.2) is 0 Å². The second kappa shape index (κ2) is 5.61. The number of methoxy groups -OCH3 is 1. The molecule has 104 valence electrons. The molecule has 1 aliphatic rings. The van der Waals surface area contributed by atoms with E-state index in [1.807, 2.05) is 12.1 Å². The fourth-order valence-electron chi connectivity index (χ4n) is 2.46. The Morgan fingerprint density at radius 1 is 1.32 bits per heavy atom. The Morgan fingerprint density at radius 3 is 2.37 bits per heavy atom. The molecule has 2 rings (SSSR count). The zero-order valence-corrected chi connectivity index (χ0v) is 11.8. The molecule has 1 aromatic rings. The number of piperidine rings is 1. The third kappa shape index (κ3) is 3.26. The topological polar surface area (TPSA) is 62.3 Å². The van der Waals surface area contributed by atoms with Crippen LogP contribution in [0.4, 0.5) is 0 Å². The van der Waals surface area contributed by atoms with Gasteiger partial charge < -0.3 is 10.5 Å². The summed E-state index contributed by atoms with van der Waals surface area (Å²) < 4.78 is 5.16. The summed E-state index contributed by atoms with van der Waals surface area (Å²) in [6, 6.07) is 8.22. The van der Waals surface area contributed by atoms with Gasteiger partial charge in [-0.25, -0.2) is 0 Å². The molecule has 1 aromatic carbocycles. The molecule has 0 atom stereocenters. The molecule has 19 heavy (non-hydrogen) atoms. The van der Waals surface area contributed by atoms with Crippen LogP contribution in [0.2, 0.25) is 0 Å². The maximum atomic E-state index is 7.66. The van der Waals surface area contributed by atoms with Crippen LogP contribution in [0.25, 0.3) is 0 Å². The Labute approximate surface area is 115 Å². The lowest BCUT2D eigenvalue weighted by Crippen LogP contribution is -2.44. The molecule has 4 nitrogen and oxygen atoms in total. The van der Waals surface area contributed by atoms with Crippen LogP contribution in [0.3, 0.4) is 0 Å². The van der Waals surface area contributed by atoms with Gasteiger partial charge in [0, 0.05) is 12.0 Å².